The lowest BCUT2D eigenvalue weighted by atomic mass is 10.1. The van der Waals surface area contributed by atoms with Crippen LogP contribution < -0.4 is 5.32 Å². The van der Waals surface area contributed by atoms with Crippen molar-refractivity contribution in [3.05, 3.63) is 64.4 Å². The summed E-state index contributed by atoms with van der Waals surface area (Å²) in [7, 11) is 0. The lowest BCUT2D eigenvalue weighted by Crippen LogP contribution is -2.19. The molecule has 0 amide bonds. The Kier molecular flexibility index (Phi) is 4.29. The van der Waals surface area contributed by atoms with Crippen LogP contribution in [0, 0.1) is 0 Å². The fraction of sp³-hybridized carbons (Fsp3) is 0.214. The van der Waals surface area contributed by atoms with Gasteiger partial charge in [0.1, 0.15) is 0 Å². The Labute approximate surface area is 110 Å². The summed E-state index contributed by atoms with van der Waals surface area (Å²) in [4.78, 5) is 4.29. The van der Waals surface area contributed by atoms with Gasteiger partial charge in [0, 0.05) is 23.3 Å². The Morgan fingerprint density at radius 1 is 1.18 bits per heavy atom. The highest BCUT2D eigenvalue weighted by Gasteiger charge is 2.07. The highest BCUT2D eigenvalue weighted by molar-refractivity contribution is 9.10. The first kappa shape index (κ1) is 12.3. The average molecular weight is 291 g/mol. The molecular formula is C14H15BrN2. The van der Waals surface area contributed by atoms with Crippen LogP contribution in [0.3, 0.4) is 0 Å². The number of rotatable bonds is 4. The molecule has 2 aromatic rings. The van der Waals surface area contributed by atoms with Gasteiger partial charge in [-0.3, -0.25) is 4.98 Å². The number of nitrogens with one attached hydrogen (secondary N) is 1. The van der Waals surface area contributed by atoms with Gasteiger partial charge in [-0.25, -0.2) is 0 Å². The number of aromatic nitrogens is 1. The number of nitrogens with zero attached hydrogens (tertiary/aromatic N) is 1. The van der Waals surface area contributed by atoms with Crippen LogP contribution in [0.5, 0.6) is 0 Å². The highest BCUT2D eigenvalue weighted by Crippen LogP contribution is 2.22. The van der Waals surface area contributed by atoms with E-state index < -0.39 is 0 Å². The van der Waals surface area contributed by atoms with Crippen LogP contribution in [0.15, 0.2) is 53.1 Å². The molecule has 2 rings (SSSR count). The third-order valence-electron chi connectivity index (χ3n) is 2.69. The van der Waals surface area contributed by atoms with Crippen molar-refractivity contribution in [1.29, 1.82) is 0 Å². The van der Waals surface area contributed by atoms with E-state index in [1.807, 2.05) is 30.5 Å². The maximum atomic E-state index is 4.29. The van der Waals surface area contributed by atoms with Gasteiger partial charge in [0.2, 0.25) is 0 Å². The van der Waals surface area contributed by atoms with Crippen LogP contribution >= 0.6 is 15.9 Å². The molecule has 17 heavy (non-hydrogen) atoms. The van der Waals surface area contributed by atoms with Gasteiger partial charge in [-0.1, -0.05) is 40.2 Å². The van der Waals surface area contributed by atoms with E-state index in [1.54, 1.807) is 0 Å². The van der Waals surface area contributed by atoms with Crippen LogP contribution in [-0.4, -0.2) is 4.98 Å². The number of hydrogen-bond donors (Lipinski definition) is 1. The Hall–Kier alpha value is -1.19. The quantitative estimate of drug-likeness (QED) is 0.929. The van der Waals surface area contributed by atoms with Crippen molar-refractivity contribution in [2.24, 2.45) is 0 Å². The molecule has 0 spiro atoms. The second-order valence-electron chi connectivity index (χ2n) is 3.95. The smallest absolute Gasteiger partial charge is 0.0541 e. The van der Waals surface area contributed by atoms with Crippen molar-refractivity contribution in [3.63, 3.8) is 0 Å². The fourth-order valence-corrected chi connectivity index (χ4v) is 2.32. The molecule has 88 valence electrons. The summed E-state index contributed by atoms with van der Waals surface area (Å²) < 4.78 is 1.14. The van der Waals surface area contributed by atoms with Crippen LogP contribution in [0.2, 0.25) is 0 Å². The Balaban J connectivity index is 1.99. The first-order chi connectivity index (χ1) is 8.27. The van der Waals surface area contributed by atoms with E-state index in [1.165, 1.54) is 5.56 Å². The summed E-state index contributed by atoms with van der Waals surface area (Å²) in [6.07, 6.45) is 1.82. The van der Waals surface area contributed by atoms with Crippen molar-refractivity contribution in [2.45, 2.75) is 19.5 Å². The van der Waals surface area contributed by atoms with Gasteiger partial charge in [0.05, 0.1) is 5.69 Å². The summed E-state index contributed by atoms with van der Waals surface area (Å²) in [5.41, 5.74) is 2.33. The lowest BCUT2D eigenvalue weighted by molar-refractivity contribution is 0.566. The normalized spacial score (nSPS) is 12.4. The molecule has 2 nitrogen and oxygen atoms in total. The SMILES string of the molecule is CC(NCc1ccccn1)c1ccccc1Br. The topological polar surface area (TPSA) is 24.9 Å². The van der Waals surface area contributed by atoms with E-state index in [9.17, 15) is 0 Å². The predicted molar refractivity (Wildman–Crippen MR) is 73.6 cm³/mol. The molecular weight excluding hydrogens is 276 g/mol. The molecule has 1 unspecified atom stereocenters. The van der Waals surface area contributed by atoms with E-state index >= 15 is 0 Å². The number of halogens is 1. The van der Waals surface area contributed by atoms with Gasteiger partial charge in [0.15, 0.2) is 0 Å². The van der Waals surface area contributed by atoms with Crippen LogP contribution in [0.25, 0.3) is 0 Å². The molecule has 0 aliphatic rings. The van der Waals surface area contributed by atoms with Crippen LogP contribution in [0.1, 0.15) is 24.2 Å². The summed E-state index contributed by atoms with van der Waals surface area (Å²) in [6, 6.07) is 14.5. The second kappa shape index (κ2) is 5.94. The summed E-state index contributed by atoms with van der Waals surface area (Å²) in [5.74, 6) is 0. The van der Waals surface area contributed by atoms with E-state index in [4.69, 9.17) is 0 Å². The first-order valence-electron chi connectivity index (χ1n) is 5.65. The zero-order valence-electron chi connectivity index (χ0n) is 9.73. The van der Waals surface area contributed by atoms with Gasteiger partial charge in [-0.15, -0.1) is 0 Å². The van der Waals surface area contributed by atoms with Crippen molar-refractivity contribution < 1.29 is 0 Å². The third-order valence-corrected chi connectivity index (χ3v) is 3.41. The average Bonchev–Trinajstić information content (AvgIpc) is 2.38. The molecule has 1 aromatic heterocycles. The van der Waals surface area contributed by atoms with E-state index in [-0.39, 0.29) is 0 Å². The monoisotopic (exact) mass is 290 g/mol. The van der Waals surface area contributed by atoms with Crippen molar-refractivity contribution in [3.8, 4) is 0 Å². The lowest BCUT2D eigenvalue weighted by Gasteiger charge is -2.15. The molecule has 0 aliphatic carbocycles. The second-order valence-corrected chi connectivity index (χ2v) is 4.80. The Bertz CT molecular complexity index is 471. The minimum absolute atomic E-state index is 0.299. The maximum absolute atomic E-state index is 4.29. The molecule has 1 heterocycles. The summed E-state index contributed by atoms with van der Waals surface area (Å²) in [5, 5.41) is 3.46. The zero-order valence-corrected chi connectivity index (χ0v) is 11.3. The van der Waals surface area contributed by atoms with Crippen molar-refractivity contribution in [2.75, 3.05) is 0 Å². The summed E-state index contributed by atoms with van der Waals surface area (Å²) in [6.45, 7) is 2.94. The molecule has 1 N–H and O–H groups in total. The van der Waals surface area contributed by atoms with E-state index in [0.717, 1.165) is 16.7 Å². The number of benzene rings is 1. The van der Waals surface area contributed by atoms with Crippen molar-refractivity contribution in [1.82, 2.24) is 10.3 Å². The van der Waals surface area contributed by atoms with Gasteiger partial charge in [-0.05, 0) is 30.7 Å². The molecule has 0 aliphatic heterocycles. The zero-order chi connectivity index (χ0) is 12.1. The standard InChI is InChI=1S/C14H15BrN2/c1-11(13-7-2-3-8-14(13)15)17-10-12-6-4-5-9-16-12/h2-9,11,17H,10H2,1H3. The molecule has 0 radical (unpaired) electrons. The van der Waals surface area contributed by atoms with Gasteiger partial charge in [0.25, 0.3) is 0 Å². The molecule has 0 saturated carbocycles. The minimum Gasteiger partial charge on any atom is -0.305 e. The number of pyridine rings is 1. The fourth-order valence-electron chi connectivity index (χ4n) is 1.70. The molecule has 0 bridgehead atoms. The molecule has 0 fully saturated rings. The van der Waals surface area contributed by atoms with Gasteiger partial charge in [-0.2, -0.15) is 0 Å². The minimum atomic E-state index is 0.299. The molecule has 0 saturated heterocycles. The van der Waals surface area contributed by atoms with E-state index in [2.05, 4.69) is 51.4 Å². The molecule has 1 atom stereocenters. The predicted octanol–water partition coefficient (Wildman–Crippen LogP) is 3.69. The molecule has 1 aromatic carbocycles. The van der Waals surface area contributed by atoms with Crippen LogP contribution in [-0.2, 0) is 6.54 Å². The largest absolute Gasteiger partial charge is 0.305 e. The highest BCUT2D eigenvalue weighted by atomic mass is 79.9. The first-order valence-corrected chi connectivity index (χ1v) is 6.44. The third kappa shape index (κ3) is 3.38. The maximum Gasteiger partial charge on any atom is 0.0541 e. The van der Waals surface area contributed by atoms with E-state index in [0.29, 0.717) is 6.04 Å². The molecule has 3 heteroatoms. The van der Waals surface area contributed by atoms with Gasteiger partial charge < -0.3 is 5.32 Å². The van der Waals surface area contributed by atoms with Crippen molar-refractivity contribution >= 4 is 15.9 Å². The Morgan fingerprint density at radius 2 is 1.94 bits per heavy atom. The van der Waals surface area contributed by atoms with Gasteiger partial charge >= 0.3 is 0 Å². The number of hydrogen-bond acceptors (Lipinski definition) is 2. The summed E-state index contributed by atoms with van der Waals surface area (Å²) >= 11 is 3.57. The Morgan fingerprint density at radius 3 is 2.65 bits per heavy atom. The van der Waals surface area contributed by atoms with Crippen LogP contribution in [0.4, 0.5) is 0 Å².